The van der Waals surface area contributed by atoms with Gasteiger partial charge in [-0.3, -0.25) is 4.79 Å². The van der Waals surface area contributed by atoms with Crippen LogP contribution in [0.1, 0.15) is 18.9 Å². The summed E-state index contributed by atoms with van der Waals surface area (Å²) in [6.07, 6.45) is -0.0186. The Morgan fingerprint density at radius 2 is 1.61 bits per heavy atom. The van der Waals surface area contributed by atoms with Crippen molar-refractivity contribution >= 4 is 15.9 Å². The van der Waals surface area contributed by atoms with Crippen molar-refractivity contribution in [2.45, 2.75) is 31.3 Å². The molecule has 1 fully saturated rings. The second-order valence-corrected chi connectivity index (χ2v) is 8.81. The van der Waals surface area contributed by atoms with Gasteiger partial charge in [-0.15, -0.1) is 0 Å². The summed E-state index contributed by atoms with van der Waals surface area (Å²) in [7, 11) is -3.53. The number of ether oxygens (including phenoxy) is 1. The molecule has 1 saturated heterocycles. The van der Waals surface area contributed by atoms with E-state index in [2.05, 4.69) is 0 Å². The van der Waals surface area contributed by atoms with Crippen molar-refractivity contribution in [2.75, 3.05) is 26.2 Å². The van der Waals surface area contributed by atoms with Crippen LogP contribution < -0.4 is 4.74 Å². The number of rotatable bonds is 6. The van der Waals surface area contributed by atoms with Crippen molar-refractivity contribution in [3.05, 3.63) is 60.2 Å². The van der Waals surface area contributed by atoms with E-state index in [0.717, 1.165) is 5.56 Å². The second-order valence-electron chi connectivity index (χ2n) is 6.87. The fourth-order valence-corrected chi connectivity index (χ4v) is 4.63. The fourth-order valence-electron chi connectivity index (χ4n) is 3.18. The number of sulfonamides is 1. The van der Waals surface area contributed by atoms with Crippen LogP contribution in [0.5, 0.6) is 5.75 Å². The molecule has 2 aromatic carbocycles. The molecule has 7 heteroatoms. The maximum atomic E-state index is 12.9. The van der Waals surface area contributed by atoms with Gasteiger partial charge in [0.15, 0.2) is 6.10 Å². The quantitative estimate of drug-likeness (QED) is 0.745. The number of benzene rings is 2. The van der Waals surface area contributed by atoms with E-state index in [-0.39, 0.29) is 23.9 Å². The summed E-state index contributed by atoms with van der Waals surface area (Å²) in [6.45, 7) is 5.19. The van der Waals surface area contributed by atoms with Crippen LogP contribution in [0.2, 0.25) is 0 Å². The topological polar surface area (TPSA) is 66.9 Å². The third-order valence-electron chi connectivity index (χ3n) is 4.88. The lowest BCUT2D eigenvalue weighted by atomic mass is 10.2. The molecule has 6 nitrogen and oxygen atoms in total. The van der Waals surface area contributed by atoms with Gasteiger partial charge in [-0.25, -0.2) is 8.42 Å². The minimum atomic E-state index is -3.53. The Morgan fingerprint density at radius 3 is 2.18 bits per heavy atom. The molecule has 3 rings (SSSR count). The molecule has 0 bridgehead atoms. The number of aryl methyl sites for hydroxylation is 1. The van der Waals surface area contributed by atoms with Crippen molar-refractivity contribution in [2.24, 2.45) is 0 Å². The first-order valence-electron chi connectivity index (χ1n) is 9.49. The van der Waals surface area contributed by atoms with Crippen LogP contribution in [0.3, 0.4) is 0 Å². The van der Waals surface area contributed by atoms with Gasteiger partial charge in [0.2, 0.25) is 10.0 Å². The summed E-state index contributed by atoms with van der Waals surface area (Å²) < 4.78 is 32.8. The van der Waals surface area contributed by atoms with E-state index in [0.29, 0.717) is 25.3 Å². The van der Waals surface area contributed by atoms with Gasteiger partial charge >= 0.3 is 0 Å². The maximum absolute atomic E-state index is 12.9. The maximum Gasteiger partial charge on any atom is 0.263 e. The molecule has 2 aromatic rings. The highest BCUT2D eigenvalue weighted by atomic mass is 32.2. The summed E-state index contributed by atoms with van der Waals surface area (Å²) in [5, 5.41) is 0. The number of carbonyl (C=O) groups excluding carboxylic acids is 1. The molecule has 1 heterocycles. The molecule has 0 aliphatic carbocycles. The normalized spacial score (nSPS) is 16.6. The van der Waals surface area contributed by atoms with E-state index in [9.17, 15) is 13.2 Å². The highest BCUT2D eigenvalue weighted by Crippen LogP contribution is 2.19. The lowest BCUT2D eigenvalue weighted by molar-refractivity contribution is -0.140. The van der Waals surface area contributed by atoms with E-state index in [1.165, 1.54) is 4.31 Å². The van der Waals surface area contributed by atoms with E-state index >= 15 is 0 Å². The molecule has 0 aromatic heterocycles. The van der Waals surface area contributed by atoms with Gasteiger partial charge in [0.05, 0.1) is 4.90 Å². The third-order valence-corrected chi connectivity index (χ3v) is 6.79. The molecule has 0 saturated carbocycles. The predicted molar refractivity (Wildman–Crippen MR) is 108 cm³/mol. The highest BCUT2D eigenvalue weighted by molar-refractivity contribution is 7.89. The Labute approximate surface area is 166 Å². The van der Waals surface area contributed by atoms with Crippen LogP contribution in [0, 0.1) is 6.92 Å². The molecule has 150 valence electrons. The largest absolute Gasteiger partial charge is 0.481 e. The van der Waals surface area contributed by atoms with Crippen molar-refractivity contribution in [3.63, 3.8) is 0 Å². The van der Waals surface area contributed by atoms with Crippen LogP contribution in [-0.4, -0.2) is 55.8 Å². The Hall–Kier alpha value is -2.38. The van der Waals surface area contributed by atoms with Gasteiger partial charge in [-0.1, -0.05) is 42.8 Å². The van der Waals surface area contributed by atoms with Crippen molar-refractivity contribution in [3.8, 4) is 5.75 Å². The van der Waals surface area contributed by atoms with Crippen LogP contribution in [0.4, 0.5) is 0 Å². The molecule has 1 amide bonds. The van der Waals surface area contributed by atoms with Crippen LogP contribution in [0.25, 0.3) is 0 Å². The number of piperazine rings is 1. The number of amides is 1. The zero-order chi connectivity index (χ0) is 20.1. The minimum Gasteiger partial charge on any atom is -0.481 e. The van der Waals surface area contributed by atoms with Crippen molar-refractivity contribution in [1.29, 1.82) is 0 Å². The first-order chi connectivity index (χ1) is 13.4. The summed E-state index contributed by atoms with van der Waals surface area (Å²) >= 11 is 0. The summed E-state index contributed by atoms with van der Waals surface area (Å²) in [5.41, 5.74) is 1.13. The monoisotopic (exact) mass is 402 g/mol. The third kappa shape index (κ3) is 4.54. The molecule has 1 aliphatic rings. The van der Waals surface area contributed by atoms with E-state index in [1.807, 2.05) is 38.1 Å². The zero-order valence-electron chi connectivity index (χ0n) is 16.2. The lowest BCUT2D eigenvalue weighted by Crippen LogP contribution is -2.53. The fraction of sp³-hybridized carbons (Fsp3) is 0.381. The molecule has 0 radical (unpaired) electrons. The number of carbonyl (C=O) groups is 1. The lowest BCUT2D eigenvalue weighted by Gasteiger charge is -2.35. The predicted octanol–water partition coefficient (Wildman–Crippen LogP) is 2.69. The smallest absolute Gasteiger partial charge is 0.263 e. The van der Waals surface area contributed by atoms with E-state index in [1.54, 1.807) is 35.2 Å². The molecular weight excluding hydrogens is 376 g/mol. The van der Waals surface area contributed by atoms with Gasteiger partial charge < -0.3 is 9.64 Å². The molecule has 1 atom stereocenters. The first-order valence-corrected chi connectivity index (χ1v) is 10.9. The molecule has 1 aliphatic heterocycles. The number of hydrogen-bond acceptors (Lipinski definition) is 4. The zero-order valence-corrected chi connectivity index (χ0v) is 17.1. The Kier molecular flexibility index (Phi) is 6.36. The summed E-state index contributed by atoms with van der Waals surface area (Å²) in [5.74, 6) is 0.566. The average molecular weight is 403 g/mol. The second kappa shape index (κ2) is 8.75. The van der Waals surface area contributed by atoms with Crippen molar-refractivity contribution in [1.82, 2.24) is 9.21 Å². The van der Waals surface area contributed by atoms with Crippen LogP contribution in [-0.2, 0) is 14.8 Å². The Bertz CT molecular complexity index is 890. The average Bonchev–Trinajstić information content (AvgIpc) is 2.73. The van der Waals surface area contributed by atoms with Gasteiger partial charge in [0.1, 0.15) is 5.75 Å². The molecule has 0 N–H and O–H groups in total. The SMILES string of the molecule is CC[C@H](Oc1ccc(C)cc1)C(=O)N1CCN(S(=O)(=O)c2ccccc2)CC1. The molecular formula is C21H26N2O4S. The summed E-state index contributed by atoms with van der Waals surface area (Å²) in [6, 6.07) is 16.0. The summed E-state index contributed by atoms with van der Waals surface area (Å²) in [4.78, 5) is 14.8. The first kappa shape index (κ1) is 20.4. The molecule has 28 heavy (non-hydrogen) atoms. The Morgan fingerprint density at radius 1 is 1.00 bits per heavy atom. The van der Waals surface area contributed by atoms with Crippen LogP contribution in [0.15, 0.2) is 59.5 Å². The minimum absolute atomic E-state index is 0.0974. The van der Waals surface area contributed by atoms with Crippen molar-refractivity contribution < 1.29 is 17.9 Å². The Balaban J connectivity index is 1.61. The molecule has 0 spiro atoms. The van der Waals surface area contributed by atoms with Gasteiger partial charge in [0, 0.05) is 26.2 Å². The highest BCUT2D eigenvalue weighted by Gasteiger charge is 2.32. The van der Waals surface area contributed by atoms with E-state index < -0.39 is 16.1 Å². The van der Waals surface area contributed by atoms with Gasteiger partial charge in [0.25, 0.3) is 5.91 Å². The number of hydrogen-bond donors (Lipinski definition) is 0. The number of nitrogens with zero attached hydrogens (tertiary/aromatic N) is 2. The van der Waals surface area contributed by atoms with Crippen LogP contribution >= 0.6 is 0 Å². The van der Waals surface area contributed by atoms with E-state index in [4.69, 9.17) is 4.74 Å². The molecule has 0 unspecified atom stereocenters. The standard InChI is InChI=1S/C21H26N2O4S/c1-3-20(27-18-11-9-17(2)10-12-18)21(24)22-13-15-23(16-14-22)28(25,26)19-7-5-4-6-8-19/h4-12,20H,3,13-16H2,1-2H3/t20-/m0/s1. The van der Waals surface area contributed by atoms with Gasteiger partial charge in [-0.05, 0) is 37.6 Å². The van der Waals surface area contributed by atoms with Gasteiger partial charge in [-0.2, -0.15) is 4.31 Å².